The molecule has 102 valence electrons. The van der Waals surface area contributed by atoms with E-state index in [2.05, 4.69) is 43.8 Å². The maximum Gasteiger partial charge on any atom is 0.248 e. The summed E-state index contributed by atoms with van der Waals surface area (Å²) in [5, 5.41) is 3.52. The molecule has 0 saturated heterocycles. The zero-order chi connectivity index (χ0) is 14.5. The molecule has 0 aliphatic rings. The number of hydrogen-bond donors (Lipinski definition) is 1. The fourth-order valence-electron chi connectivity index (χ4n) is 1.51. The molecule has 5 heteroatoms. The van der Waals surface area contributed by atoms with E-state index in [-0.39, 0.29) is 5.91 Å². The lowest BCUT2D eigenvalue weighted by Gasteiger charge is -2.05. The van der Waals surface area contributed by atoms with E-state index < -0.39 is 0 Å². The van der Waals surface area contributed by atoms with Crippen LogP contribution in [-0.2, 0) is 4.79 Å². The number of rotatable bonds is 3. The Kier molecular flexibility index (Phi) is 5.63. The van der Waals surface area contributed by atoms with E-state index in [9.17, 15) is 4.79 Å². The van der Waals surface area contributed by atoms with E-state index >= 15 is 0 Å². The molecule has 0 radical (unpaired) electrons. The van der Waals surface area contributed by atoms with Crippen LogP contribution in [0.15, 0.2) is 53.0 Å². The van der Waals surface area contributed by atoms with Gasteiger partial charge in [0, 0.05) is 19.1 Å². The van der Waals surface area contributed by atoms with Crippen LogP contribution in [0.3, 0.4) is 0 Å². The highest BCUT2D eigenvalue weighted by atomic mass is 127. The molecule has 2 nitrogen and oxygen atoms in total. The summed E-state index contributed by atoms with van der Waals surface area (Å²) in [6.07, 6.45) is 3.25. The molecule has 2 rings (SSSR count). The van der Waals surface area contributed by atoms with Crippen LogP contribution in [0.25, 0.3) is 6.08 Å². The van der Waals surface area contributed by atoms with Crippen molar-refractivity contribution in [3.05, 3.63) is 67.2 Å². The number of anilines is 1. The van der Waals surface area contributed by atoms with Crippen molar-refractivity contribution in [3.8, 4) is 0 Å². The van der Waals surface area contributed by atoms with Crippen molar-refractivity contribution in [2.45, 2.75) is 0 Å². The van der Waals surface area contributed by atoms with Gasteiger partial charge in [0.2, 0.25) is 5.91 Å². The third kappa shape index (κ3) is 4.61. The first-order chi connectivity index (χ1) is 9.54. The standard InChI is InChI=1S/C15H10BrClINO/c16-11-4-7-14(13(18)9-11)19-15(20)8-3-10-1-5-12(17)6-2-10/h1-9H,(H,19,20). The maximum atomic E-state index is 11.9. The molecule has 0 aliphatic carbocycles. The Morgan fingerprint density at radius 1 is 1.20 bits per heavy atom. The first kappa shape index (κ1) is 15.5. The van der Waals surface area contributed by atoms with Gasteiger partial charge < -0.3 is 5.32 Å². The van der Waals surface area contributed by atoms with Gasteiger partial charge in [-0.15, -0.1) is 0 Å². The summed E-state index contributed by atoms with van der Waals surface area (Å²) in [4.78, 5) is 11.9. The van der Waals surface area contributed by atoms with Crippen LogP contribution in [0.5, 0.6) is 0 Å². The van der Waals surface area contributed by atoms with Crippen molar-refractivity contribution in [3.63, 3.8) is 0 Å². The molecule has 0 heterocycles. The minimum atomic E-state index is -0.166. The summed E-state index contributed by atoms with van der Waals surface area (Å²) in [5.41, 5.74) is 1.72. The van der Waals surface area contributed by atoms with E-state index in [0.29, 0.717) is 5.02 Å². The molecule has 0 unspecified atom stereocenters. The van der Waals surface area contributed by atoms with Crippen LogP contribution in [0.4, 0.5) is 5.69 Å². The first-order valence-electron chi connectivity index (χ1n) is 5.74. The fourth-order valence-corrected chi connectivity index (χ4v) is 3.08. The molecule has 2 aromatic rings. The molecule has 0 aliphatic heterocycles. The van der Waals surface area contributed by atoms with Gasteiger partial charge in [-0.3, -0.25) is 4.79 Å². The highest BCUT2D eigenvalue weighted by molar-refractivity contribution is 14.1. The number of halogens is 3. The Bertz CT molecular complexity index is 655. The third-order valence-corrected chi connectivity index (χ3v) is 4.12. The van der Waals surface area contributed by atoms with Crippen LogP contribution < -0.4 is 5.32 Å². The van der Waals surface area contributed by atoms with Gasteiger partial charge in [0.1, 0.15) is 0 Å². The topological polar surface area (TPSA) is 29.1 Å². The third-order valence-electron chi connectivity index (χ3n) is 2.49. The minimum Gasteiger partial charge on any atom is -0.322 e. The molecular formula is C15H10BrClINO. The Morgan fingerprint density at radius 2 is 1.90 bits per heavy atom. The van der Waals surface area contributed by atoms with Gasteiger partial charge in [-0.2, -0.15) is 0 Å². The van der Waals surface area contributed by atoms with Crippen LogP contribution in [-0.4, -0.2) is 5.91 Å². The van der Waals surface area contributed by atoms with Gasteiger partial charge in [-0.1, -0.05) is 39.7 Å². The van der Waals surface area contributed by atoms with Gasteiger partial charge in [0.25, 0.3) is 0 Å². The average molecular weight is 463 g/mol. The van der Waals surface area contributed by atoms with E-state index in [4.69, 9.17) is 11.6 Å². The average Bonchev–Trinajstić information content (AvgIpc) is 2.41. The SMILES string of the molecule is O=C(C=Cc1ccc(Cl)cc1)Nc1ccc(Br)cc1I. The number of amides is 1. The number of carbonyl (C=O) groups excluding carboxylic acids is 1. The summed E-state index contributed by atoms with van der Waals surface area (Å²) in [6, 6.07) is 13.0. The molecule has 0 aromatic heterocycles. The Hall–Kier alpha value is -0.850. The minimum absolute atomic E-state index is 0.166. The van der Waals surface area contributed by atoms with Crippen molar-refractivity contribution in [2.75, 3.05) is 5.32 Å². The molecule has 0 spiro atoms. The Labute approximate surface area is 144 Å². The summed E-state index contributed by atoms with van der Waals surface area (Å²) in [7, 11) is 0. The molecule has 0 saturated carbocycles. The molecule has 2 aromatic carbocycles. The zero-order valence-corrected chi connectivity index (χ0v) is 14.7. The van der Waals surface area contributed by atoms with E-state index in [1.54, 1.807) is 18.2 Å². The largest absolute Gasteiger partial charge is 0.322 e. The molecule has 1 amide bonds. The number of benzene rings is 2. The Morgan fingerprint density at radius 3 is 2.55 bits per heavy atom. The van der Waals surface area contributed by atoms with Crippen LogP contribution >= 0.6 is 50.1 Å². The highest BCUT2D eigenvalue weighted by Crippen LogP contribution is 2.22. The highest BCUT2D eigenvalue weighted by Gasteiger charge is 2.03. The fraction of sp³-hybridized carbons (Fsp3) is 0. The Balaban J connectivity index is 2.03. The van der Waals surface area contributed by atoms with Crippen molar-refractivity contribution in [2.24, 2.45) is 0 Å². The molecule has 0 fully saturated rings. The molecule has 20 heavy (non-hydrogen) atoms. The van der Waals surface area contributed by atoms with E-state index in [1.807, 2.05) is 30.3 Å². The summed E-state index contributed by atoms with van der Waals surface area (Å²) in [6.45, 7) is 0. The predicted octanol–water partition coefficient (Wildman–Crippen LogP) is 5.36. The van der Waals surface area contributed by atoms with E-state index in [0.717, 1.165) is 19.3 Å². The normalized spacial score (nSPS) is 10.8. The molecule has 0 bridgehead atoms. The van der Waals surface area contributed by atoms with Gasteiger partial charge >= 0.3 is 0 Å². The lowest BCUT2D eigenvalue weighted by molar-refractivity contribution is -0.111. The van der Waals surface area contributed by atoms with Gasteiger partial charge in [0.15, 0.2) is 0 Å². The quantitative estimate of drug-likeness (QED) is 0.483. The maximum absolute atomic E-state index is 11.9. The van der Waals surface area contributed by atoms with Crippen LogP contribution in [0, 0.1) is 3.57 Å². The molecule has 0 atom stereocenters. The number of carbonyl (C=O) groups is 1. The van der Waals surface area contributed by atoms with Crippen molar-refractivity contribution in [1.29, 1.82) is 0 Å². The summed E-state index contributed by atoms with van der Waals surface area (Å²) < 4.78 is 1.96. The van der Waals surface area contributed by atoms with Crippen molar-refractivity contribution in [1.82, 2.24) is 0 Å². The lowest BCUT2D eigenvalue weighted by atomic mass is 10.2. The first-order valence-corrected chi connectivity index (χ1v) is 7.99. The summed E-state index contributed by atoms with van der Waals surface area (Å²) >= 11 is 11.4. The van der Waals surface area contributed by atoms with Gasteiger partial charge in [0.05, 0.1) is 5.69 Å². The van der Waals surface area contributed by atoms with Crippen LogP contribution in [0.1, 0.15) is 5.56 Å². The second kappa shape index (κ2) is 7.24. The predicted molar refractivity (Wildman–Crippen MR) is 96.0 cm³/mol. The number of hydrogen-bond acceptors (Lipinski definition) is 1. The number of nitrogens with one attached hydrogen (secondary N) is 1. The second-order valence-corrected chi connectivity index (χ2v) is 6.51. The van der Waals surface area contributed by atoms with Gasteiger partial charge in [-0.25, -0.2) is 0 Å². The monoisotopic (exact) mass is 461 g/mol. The van der Waals surface area contributed by atoms with Crippen molar-refractivity contribution >= 4 is 67.8 Å². The molecular weight excluding hydrogens is 452 g/mol. The molecule has 1 N–H and O–H groups in total. The zero-order valence-electron chi connectivity index (χ0n) is 10.2. The lowest BCUT2D eigenvalue weighted by Crippen LogP contribution is -2.08. The summed E-state index contributed by atoms with van der Waals surface area (Å²) in [5.74, 6) is -0.166. The van der Waals surface area contributed by atoms with Crippen LogP contribution in [0.2, 0.25) is 5.02 Å². The van der Waals surface area contributed by atoms with Gasteiger partial charge in [-0.05, 0) is 64.6 Å². The van der Waals surface area contributed by atoms with E-state index in [1.165, 1.54) is 6.08 Å². The van der Waals surface area contributed by atoms with Crippen molar-refractivity contribution < 1.29 is 4.79 Å². The second-order valence-electron chi connectivity index (χ2n) is 4.00. The smallest absolute Gasteiger partial charge is 0.248 e.